The van der Waals surface area contributed by atoms with Gasteiger partial charge in [-0.2, -0.15) is 4.98 Å². The van der Waals surface area contributed by atoms with Crippen molar-refractivity contribution in [3.8, 4) is 11.4 Å². The lowest BCUT2D eigenvalue weighted by molar-refractivity contribution is -0.118. The van der Waals surface area contributed by atoms with E-state index in [1.807, 2.05) is 65.0 Å². The lowest BCUT2D eigenvalue weighted by Gasteiger charge is -2.22. The number of para-hydroxylation sites is 1. The van der Waals surface area contributed by atoms with Gasteiger partial charge in [0.2, 0.25) is 17.6 Å². The first-order valence-electron chi connectivity index (χ1n) is 10.5. The first-order valence-corrected chi connectivity index (χ1v) is 10.5. The number of carbonyl (C=O) groups excluding carboxylic acids is 2. The zero-order chi connectivity index (χ0) is 23.3. The topological polar surface area (TPSA) is 109 Å². The van der Waals surface area contributed by atoms with Crippen LogP contribution in [0.4, 0.5) is 16.2 Å². The van der Waals surface area contributed by atoms with Crippen LogP contribution in [0.1, 0.15) is 40.5 Å². The molecule has 168 valence electrons. The highest BCUT2D eigenvalue weighted by Crippen LogP contribution is 2.24. The van der Waals surface area contributed by atoms with Crippen molar-refractivity contribution in [2.24, 2.45) is 5.92 Å². The number of urea groups is 1. The van der Waals surface area contributed by atoms with E-state index >= 15 is 0 Å². The largest absolute Gasteiger partial charge is 0.338 e. The molecule has 0 aliphatic rings. The monoisotopic (exact) mass is 435 g/mol. The zero-order valence-corrected chi connectivity index (χ0v) is 19.0. The Hall–Kier alpha value is -3.68. The number of amides is 3. The molecule has 3 aromatic rings. The van der Waals surface area contributed by atoms with Gasteiger partial charge in [-0.15, -0.1) is 0 Å². The van der Waals surface area contributed by atoms with Crippen LogP contribution in [-0.2, 0) is 10.2 Å². The van der Waals surface area contributed by atoms with E-state index < -0.39 is 12.1 Å². The van der Waals surface area contributed by atoms with Crippen molar-refractivity contribution in [2.75, 3.05) is 10.6 Å². The summed E-state index contributed by atoms with van der Waals surface area (Å²) in [5.41, 5.74) is 1.81. The van der Waals surface area contributed by atoms with Gasteiger partial charge < -0.3 is 20.5 Å². The lowest BCUT2D eigenvalue weighted by atomic mass is 9.97. The molecule has 0 fully saturated rings. The maximum Gasteiger partial charge on any atom is 0.319 e. The molecule has 3 amide bonds. The first kappa shape index (κ1) is 23.0. The highest BCUT2D eigenvalue weighted by Gasteiger charge is 2.25. The van der Waals surface area contributed by atoms with E-state index in [-0.39, 0.29) is 17.2 Å². The van der Waals surface area contributed by atoms with Crippen molar-refractivity contribution < 1.29 is 14.1 Å². The minimum absolute atomic E-state index is 0.106. The number of nitrogens with zero attached hydrogens (tertiary/aromatic N) is 2. The van der Waals surface area contributed by atoms with Gasteiger partial charge in [-0.3, -0.25) is 4.79 Å². The molecule has 8 nitrogen and oxygen atoms in total. The molecule has 2 aromatic carbocycles. The summed E-state index contributed by atoms with van der Waals surface area (Å²) in [6.07, 6.45) is 0. The van der Waals surface area contributed by atoms with Gasteiger partial charge in [-0.25, -0.2) is 4.79 Å². The molecule has 8 heteroatoms. The Morgan fingerprint density at radius 3 is 2.09 bits per heavy atom. The van der Waals surface area contributed by atoms with Crippen LogP contribution in [0.5, 0.6) is 0 Å². The summed E-state index contributed by atoms with van der Waals surface area (Å²) in [4.78, 5) is 29.6. The van der Waals surface area contributed by atoms with Gasteiger partial charge in [0.15, 0.2) is 0 Å². The van der Waals surface area contributed by atoms with Crippen molar-refractivity contribution in [2.45, 2.75) is 46.1 Å². The minimum atomic E-state index is -0.704. The molecule has 0 saturated heterocycles. The molecule has 3 N–H and O–H groups in total. The van der Waals surface area contributed by atoms with Crippen molar-refractivity contribution in [3.05, 3.63) is 60.5 Å². The Balaban J connectivity index is 1.63. The highest BCUT2D eigenvalue weighted by molar-refractivity contribution is 5.99. The SMILES string of the molecule is CC(C)C(NC(=O)Nc1ccccc1)C(=O)Nc1ccc(-c2noc(C(C)(C)C)n2)cc1. The molecule has 3 rings (SSSR count). The van der Waals surface area contributed by atoms with E-state index in [0.717, 1.165) is 5.56 Å². The highest BCUT2D eigenvalue weighted by atomic mass is 16.5. The standard InChI is InChI=1S/C24H29N5O3/c1-15(2)19(27-23(31)26-17-9-7-6-8-10-17)21(30)25-18-13-11-16(12-14-18)20-28-22(32-29-20)24(3,4)5/h6-15,19H,1-5H3,(H,25,30)(H2,26,27,31). The summed E-state index contributed by atoms with van der Waals surface area (Å²) in [5, 5.41) is 12.4. The van der Waals surface area contributed by atoms with Gasteiger partial charge in [0, 0.05) is 22.4 Å². The number of hydrogen-bond acceptors (Lipinski definition) is 5. The van der Waals surface area contributed by atoms with Crippen LogP contribution in [0.25, 0.3) is 11.4 Å². The van der Waals surface area contributed by atoms with Crippen molar-refractivity contribution in [3.63, 3.8) is 0 Å². The van der Waals surface area contributed by atoms with Crippen LogP contribution >= 0.6 is 0 Å². The Labute approximate surface area is 187 Å². The van der Waals surface area contributed by atoms with E-state index in [1.54, 1.807) is 24.3 Å². The van der Waals surface area contributed by atoms with E-state index in [2.05, 4.69) is 26.1 Å². The summed E-state index contributed by atoms with van der Waals surface area (Å²) >= 11 is 0. The average molecular weight is 436 g/mol. The van der Waals surface area contributed by atoms with Gasteiger partial charge in [0.25, 0.3) is 0 Å². The number of benzene rings is 2. The minimum Gasteiger partial charge on any atom is -0.338 e. The third kappa shape index (κ3) is 5.94. The van der Waals surface area contributed by atoms with Crippen LogP contribution in [-0.4, -0.2) is 28.1 Å². The Morgan fingerprint density at radius 2 is 1.53 bits per heavy atom. The molecule has 1 aromatic heterocycles. The summed E-state index contributed by atoms with van der Waals surface area (Å²) in [7, 11) is 0. The van der Waals surface area contributed by atoms with Crippen LogP contribution in [0.15, 0.2) is 59.1 Å². The van der Waals surface area contributed by atoms with Gasteiger partial charge in [-0.1, -0.05) is 58.0 Å². The molecule has 0 aliphatic carbocycles. The molecule has 1 unspecified atom stereocenters. The molecule has 1 atom stereocenters. The number of aromatic nitrogens is 2. The number of nitrogens with one attached hydrogen (secondary N) is 3. The van der Waals surface area contributed by atoms with Gasteiger partial charge >= 0.3 is 6.03 Å². The molecule has 0 spiro atoms. The molecule has 0 bridgehead atoms. The predicted octanol–water partition coefficient (Wildman–Crippen LogP) is 4.82. The molecule has 1 heterocycles. The summed E-state index contributed by atoms with van der Waals surface area (Å²) in [5.74, 6) is 0.646. The number of rotatable bonds is 6. The van der Waals surface area contributed by atoms with E-state index in [4.69, 9.17) is 4.52 Å². The quantitative estimate of drug-likeness (QED) is 0.514. The Bertz CT molecular complexity index is 1050. The summed E-state index contributed by atoms with van der Waals surface area (Å²) in [6.45, 7) is 9.75. The average Bonchev–Trinajstić information content (AvgIpc) is 3.24. The number of anilines is 2. The normalized spacial score (nSPS) is 12.3. The lowest BCUT2D eigenvalue weighted by Crippen LogP contribution is -2.48. The van der Waals surface area contributed by atoms with Crippen molar-refractivity contribution >= 4 is 23.3 Å². The Kier molecular flexibility index (Phi) is 6.92. The smallest absolute Gasteiger partial charge is 0.319 e. The first-order chi connectivity index (χ1) is 15.1. The van der Waals surface area contributed by atoms with Crippen molar-refractivity contribution in [1.82, 2.24) is 15.5 Å². The number of hydrogen-bond donors (Lipinski definition) is 3. The van der Waals surface area contributed by atoms with E-state index in [1.165, 1.54) is 0 Å². The maximum absolute atomic E-state index is 12.8. The molecular weight excluding hydrogens is 406 g/mol. The number of carbonyl (C=O) groups is 2. The zero-order valence-electron chi connectivity index (χ0n) is 19.0. The summed E-state index contributed by atoms with van der Waals surface area (Å²) < 4.78 is 5.34. The van der Waals surface area contributed by atoms with Crippen LogP contribution in [0.3, 0.4) is 0 Å². The molecular formula is C24H29N5O3. The third-order valence-electron chi connectivity index (χ3n) is 4.75. The fourth-order valence-electron chi connectivity index (χ4n) is 2.93. The van der Waals surface area contributed by atoms with Gasteiger partial charge in [0.05, 0.1) is 0 Å². The molecule has 0 radical (unpaired) electrons. The van der Waals surface area contributed by atoms with Gasteiger partial charge in [-0.05, 0) is 42.3 Å². The summed E-state index contributed by atoms with van der Waals surface area (Å²) in [6, 6.07) is 15.1. The second-order valence-electron chi connectivity index (χ2n) is 8.93. The van der Waals surface area contributed by atoms with Crippen LogP contribution in [0, 0.1) is 5.92 Å². The third-order valence-corrected chi connectivity index (χ3v) is 4.75. The fraction of sp³-hybridized carbons (Fsp3) is 0.333. The second-order valence-corrected chi connectivity index (χ2v) is 8.93. The fourth-order valence-corrected chi connectivity index (χ4v) is 2.93. The van der Waals surface area contributed by atoms with Gasteiger partial charge in [0.1, 0.15) is 6.04 Å². The predicted molar refractivity (Wildman–Crippen MR) is 124 cm³/mol. The molecule has 0 aliphatic heterocycles. The second kappa shape index (κ2) is 9.64. The van der Waals surface area contributed by atoms with Crippen LogP contribution < -0.4 is 16.0 Å². The maximum atomic E-state index is 12.8. The van der Waals surface area contributed by atoms with Crippen LogP contribution in [0.2, 0.25) is 0 Å². The molecule has 32 heavy (non-hydrogen) atoms. The van der Waals surface area contributed by atoms with E-state index in [0.29, 0.717) is 23.1 Å². The van der Waals surface area contributed by atoms with Crippen molar-refractivity contribution in [1.29, 1.82) is 0 Å². The Morgan fingerprint density at radius 1 is 0.906 bits per heavy atom. The molecule has 0 saturated carbocycles. The van der Waals surface area contributed by atoms with E-state index in [9.17, 15) is 9.59 Å².